The van der Waals surface area contributed by atoms with E-state index in [1.807, 2.05) is 61.5 Å². The molecule has 0 unspecified atom stereocenters. The Morgan fingerprint density at radius 2 is 1.71 bits per heavy atom. The van der Waals surface area contributed by atoms with Crippen LogP contribution in [0.3, 0.4) is 0 Å². The van der Waals surface area contributed by atoms with Gasteiger partial charge in [-0.1, -0.05) is 42.5 Å². The zero-order valence-electron chi connectivity index (χ0n) is 11.6. The van der Waals surface area contributed by atoms with Crippen molar-refractivity contribution in [1.82, 2.24) is 0 Å². The molecule has 0 aliphatic heterocycles. The molecular weight excluding hydrogens is 373 g/mol. The second kappa shape index (κ2) is 5.85. The van der Waals surface area contributed by atoms with Gasteiger partial charge in [0.05, 0.1) is 5.56 Å². The SMILES string of the molecule is Cc1cccc(C(=O)Nc2ccc3ccccc3c2)c1I. The monoisotopic (exact) mass is 387 g/mol. The summed E-state index contributed by atoms with van der Waals surface area (Å²) in [4.78, 5) is 12.4. The molecule has 1 N–H and O–H groups in total. The topological polar surface area (TPSA) is 29.1 Å². The molecule has 3 heteroatoms. The quantitative estimate of drug-likeness (QED) is 0.616. The van der Waals surface area contributed by atoms with Crippen LogP contribution in [-0.4, -0.2) is 5.91 Å². The smallest absolute Gasteiger partial charge is 0.256 e. The second-order valence-corrected chi connectivity index (χ2v) is 6.03. The van der Waals surface area contributed by atoms with Gasteiger partial charge in [0.25, 0.3) is 5.91 Å². The van der Waals surface area contributed by atoms with Crippen molar-refractivity contribution in [2.45, 2.75) is 6.92 Å². The molecule has 0 bridgehead atoms. The number of hydrogen-bond acceptors (Lipinski definition) is 1. The number of halogens is 1. The molecule has 1 amide bonds. The van der Waals surface area contributed by atoms with Crippen LogP contribution in [-0.2, 0) is 0 Å². The molecule has 0 radical (unpaired) electrons. The average molecular weight is 387 g/mol. The van der Waals surface area contributed by atoms with Crippen molar-refractivity contribution < 1.29 is 4.79 Å². The Balaban J connectivity index is 1.91. The van der Waals surface area contributed by atoms with Crippen LogP contribution in [0.4, 0.5) is 5.69 Å². The lowest BCUT2D eigenvalue weighted by atomic mass is 10.1. The minimum absolute atomic E-state index is 0.0709. The maximum absolute atomic E-state index is 12.4. The number of fused-ring (bicyclic) bond motifs is 1. The van der Waals surface area contributed by atoms with Gasteiger partial charge in [0.2, 0.25) is 0 Å². The van der Waals surface area contributed by atoms with Crippen molar-refractivity contribution in [2.24, 2.45) is 0 Å². The van der Waals surface area contributed by atoms with E-state index in [4.69, 9.17) is 0 Å². The van der Waals surface area contributed by atoms with E-state index in [1.165, 1.54) is 5.39 Å². The first-order valence-electron chi connectivity index (χ1n) is 6.70. The molecule has 0 spiro atoms. The molecule has 0 heterocycles. The maximum Gasteiger partial charge on any atom is 0.256 e. The van der Waals surface area contributed by atoms with Crippen molar-refractivity contribution in [3.63, 3.8) is 0 Å². The minimum Gasteiger partial charge on any atom is -0.322 e. The zero-order valence-corrected chi connectivity index (χ0v) is 13.7. The van der Waals surface area contributed by atoms with Crippen LogP contribution in [0.25, 0.3) is 10.8 Å². The number of nitrogens with one attached hydrogen (secondary N) is 1. The molecule has 0 atom stereocenters. The van der Waals surface area contributed by atoms with Crippen LogP contribution in [0.2, 0.25) is 0 Å². The average Bonchev–Trinajstić information content (AvgIpc) is 2.50. The van der Waals surface area contributed by atoms with E-state index in [0.717, 1.165) is 20.2 Å². The molecule has 3 rings (SSSR count). The standard InChI is InChI=1S/C18H14INO/c1-12-5-4-8-16(17(12)19)18(21)20-15-10-9-13-6-2-3-7-14(13)11-15/h2-11H,1H3,(H,20,21). The van der Waals surface area contributed by atoms with E-state index in [1.54, 1.807) is 0 Å². The lowest BCUT2D eigenvalue weighted by molar-refractivity contribution is 0.102. The predicted octanol–water partition coefficient (Wildman–Crippen LogP) is 5.01. The number of anilines is 1. The zero-order chi connectivity index (χ0) is 14.8. The Bertz CT molecular complexity index is 826. The summed E-state index contributed by atoms with van der Waals surface area (Å²) >= 11 is 2.22. The Hall–Kier alpha value is -1.88. The van der Waals surface area contributed by atoms with Gasteiger partial charge < -0.3 is 5.32 Å². The van der Waals surface area contributed by atoms with Crippen molar-refractivity contribution in [2.75, 3.05) is 5.32 Å². The highest BCUT2D eigenvalue weighted by atomic mass is 127. The van der Waals surface area contributed by atoms with E-state index < -0.39 is 0 Å². The first kappa shape index (κ1) is 14.1. The fourth-order valence-corrected chi connectivity index (χ4v) is 2.89. The van der Waals surface area contributed by atoms with Gasteiger partial charge in [0.1, 0.15) is 0 Å². The summed E-state index contributed by atoms with van der Waals surface area (Å²) < 4.78 is 0.994. The highest BCUT2D eigenvalue weighted by molar-refractivity contribution is 14.1. The second-order valence-electron chi connectivity index (χ2n) is 4.95. The molecule has 0 fully saturated rings. The highest BCUT2D eigenvalue weighted by Gasteiger charge is 2.11. The van der Waals surface area contributed by atoms with Crippen LogP contribution >= 0.6 is 22.6 Å². The van der Waals surface area contributed by atoms with Gasteiger partial charge in [-0.05, 0) is 64.0 Å². The Morgan fingerprint density at radius 3 is 2.52 bits per heavy atom. The van der Waals surface area contributed by atoms with Crippen LogP contribution < -0.4 is 5.32 Å². The summed E-state index contributed by atoms with van der Waals surface area (Å²) in [6.45, 7) is 2.01. The van der Waals surface area contributed by atoms with Gasteiger partial charge in [0.15, 0.2) is 0 Å². The third-order valence-corrected chi connectivity index (χ3v) is 4.88. The lowest BCUT2D eigenvalue weighted by Crippen LogP contribution is -2.13. The van der Waals surface area contributed by atoms with E-state index in [0.29, 0.717) is 5.56 Å². The van der Waals surface area contributed by atoms with E-state index in [2.05, 4.69) is 34.0 Å². The molecule has 0 saturated carbocycles. The largest absolute Gasteiger partial charge is 0.322 e. The summed E-state index contributed by atoms with van der Waals surface area (Å²) in [5, 5.41) is 5.26. The van der Waals surface area contributed by atoms with Crippen molar-refractivity contribution in [1.29, 1.82) is 0 Å². The minimum atomic E-state index is -0.0709. The number of carbonyl (C=O) groups excluding carboxylic acids is 1. The van der Waals surface area contributed by atoms with E-state index in [-0.39, 0.29) is 5.91 Å². The molecule has 0 aromatic heterocycles. The molecule has 3 aromatic rings. The Morgan fingerprint density at radius 1 is 0.952 bits per heavy atom. The third kappa shape index (κ3) is 2.93. The third-order valence-electron chi connectivity index (χ3n) is 3.44. The number of rotatable bonds is 2. The van der Waals surface area contributed by atoms with Gasteiger partial charge in [0, 0.05) is 9.26 Å². The highest BCUT2D eigenvalue weighted by Crippen LogP contribution is 2.21. The van der Waals surface area contributed by atoms with Gasteiger partial charge in [-0.25, -0.2) is 0 Å². The van der Waals surface area contributed by atoms with Crippen molar-refractivity contribution in [3.8, 4) is 0 Å². The fraction of sp³-hybridized carbons (Fsp3) is 0.0556. The summed E-state index contributed by atoms with van der Waals surface area (Å²) in [6, 6.07) is 19.8. The van der Waals surface area contributed by atoms with Crippen molar-refractivity contribution in [3.05, 3.63) is 75.4 Å². The van der Waals surface area contributed by atoms with Gasteiger partial charge in [-0.3, -0.25) is 4.79 Å². The summed E-state index contributed by atoms with van der Waals surface area (Å²) in [5.74, 6) is -0.0709. The molecule has 21 heavy (non-hydrogen) atoms. The first-order valence-corrected chi connectivity index (χ1v) is 7.78. The van der Waals surface area contributed by atoms with Crippen molar-refractivity contribution >= 4 is 45.0 Å². The number of hydrogen-bond donors (Lipinski definition) is 1. The molecule has 104 valence electrons. The summed E-state index contributed by atoms with van der Waals surface area (Å²) in [5.41, 5.74) is 2.64. The number of amides is 1. The molecule has 3 aromatic carbocycles. The molecule has 0 saturated heterocycles. The number of aryl methyl sites for hydroxylation is 1. The van der Waals surface area contributed by atoms with Gasteiger partial charge >= 0.3 is 0 Å². The van der Waals surface area contributed by atoms with Crippen LogP contribution in [0.5, 0.6) is 0 Å². The normalized spacial score (nSPS) is 10.6. The lowest BCUT2D eigenvalue weighted by Gasteiger charge is -2.09. The Kier molecular flexibility index (Phi) is 3.92. The Labute approximate surface area is 137 Å². The summed E-state index contributed by atoms with van der Waals surface area (Å²) in [7, 11) is 0. The van der Waals surface area contributed by atoms with E-state index >= 15 is 0 Å². The number of carbonyl (C=O) groups is 1. The van der Waals surface area contributed by atoms with E-state index in [9.17, 15) is 4.79 Å². The predicted molar refractivity (Wildman–Crippen MR) is 95.8 cm³/mol. The molecule has 2 nitrogen and oxygen atoms in total. The molecule has 0 aliphatic carbocycles. The van der Waals surface area contributed by atoms with Crippen LogP contribution in [0.15, 0.2) is 60.7 Å². The number of benzene rings is 3. The van der Waals surface area contributed by atoms with Gasteiger partial charge in [-0.2, -0.15) is 0 Å². The maximum atomic E-state index is 12.4. The van der Waals surface area contributed by atoms with Crippen LogP contribution in [0.1, 0.15) is 15.9 Å². The summed E-state index contributed by atoms with van der Waals surface area (Å²) in [6.07, 6.45) is 0. The van der Waals surface area contributed by atoms with Gasteiger partial charge in [-0.15, -0.1) is 0 Å². The fourth-order valence-electron chi connectivity index (χ4n) is 2.29. The van der Waals surface area contributed by atoms with Crippen LogP contribution in [0, 0.1) is 10.5 Å². The molecular formula is C18H14INO. The molecule has 0 aliphatic rings. The first-order chi connectivity index (χ1) is 10.1.